The van der Waals surface area contributed by atoms with Gasteiger partial charge in [-0.15, -0.1) is 0 Å². The van der Waals surface area contributed by atoms with Crippen molar-refractivity contribution < 1.29 is 4.79 Å². The van der Waals surface area contributed by atoms with Crippen molar-refractivity contribution in [2.24, 2.45) is 5.92 Å². The molecule has 8 heteroatoms. The van der Waals surface area contributed by atoms with Gasteiger partial charge in [-0.1, -0.05) is 6.92 Å². The first-order valence-electron chi connectivity index (χ1n) is 11.2. The monoisotopic (exact) mass is 440 g/mol. The Morgan fingerprint density at radius 2 is 2.10 bits per heavy atom. The van der Waals surface area contributed by atoms with Crippen LogP contribution in [0.4, 0.5) is 11.5 Å². The summed E-state index contributed by atoms with van der Waals surface area (Å²) in [5.41, 5.74) is 3.68. The Labute approximate surface area is 189 Å². The molecule has 31 heavy (non-hydrogen) atoms. The molecule has 2 aliphatic carbocycles. The summed E-state index contributed by atoms with van der Waals surface area (Å²) in [4.78, 5) is 26.2. The number of carbonyl (C=O) groups excluding carboxylic acids is 1. The van der Waals surface area contributed by atoms with Crippen molar-refractivity contribution in [3.05, 3.63) is 41.6 Å². The Bertz CT molecular complexity index is 886. The van der Waals surface area contributed by atoms with Crippen LogP contribution in [0.1, 0.15) is 60.9 Å². The van der Waals surface area contributed by atoms with Crippen molar-refractivity contribution in [1.82, 2.24) is 20.3 Å². The molecule has 5 rings (SSSR count). The van der Waals surface area contributed by atoms with Gasteiger partial charge in [0, 0.05) is 36.3 Å². The zero-order valence-corrected chi connectivity index (χ0v) is 19.2. The lowest BCUT2D eigenvalue weighted by Gasteiger charge is -2.42. The third-order valence-electron chi connectivity index (χ3n) is 5.84. The Balaban J connectivity index is 0.000000152. The summed E-state index contributed by atoms with van der Waals surface area (Å²) in [5.74, 6) is 1.61. The molecule has 0 radical (unpaired) electrons. The molecule has 0 unspecified atom stereocenters. The summed E-state index contributed by atoms with van der Waals surface area (Å²) >= 11 is 1.82. The van der Waals surface area contributed by atoms with E-state index in [-0.39, 0.29) is 0 Å². The molecule has 7 nitrogen and oxygen atoms in total. The summed E-state index contributed by atoms with van der Waals surface area (Å²) < 4.78 is 3.35. The van der Waals surface area contributed by atoms with E-state index in [1.165, 1.54) is 32.1 Å². The van der Waals surface area contributed by atoms with E-state index in [0.717, 1.165) is 53.9 Å². The number of aromatic nitrogens is 3. The maximum atomic E-state index is 10.7. The second-order valence-electron chi connectivity index (χ2n) is 8.71. The van der Waals surface area contributed by atoms with E-state index in [4.69, 9.17) is 0 Å². The van der Waals surface area contributed by atoms with Crippen LogP contribution < -0.4 is 14.9 Å². The van der Waals surface area contributed by atoms with Crippen LogP contribution in [0.2, 0.25) is 0 Å². The molecule has 0 bridgehead atoms. The van der Waals surface area contributed by atoms with Crippen LogP contribution in [0.5, 0.6) is 0 Å². The Kier molecular flexibility index (Phi) is 7.40. The Morgan fingerprint density at radius 3 is 2.77 bits per heavy atom. The van der Waals surface area contributed by atoms with Gasteiger partial charge in [-0.25, -0.2) is 9.97 Å². The van der Waals surface area contributed by atoms with Gasteiger partial charge in [0.2, 0.25) is 0 Å². The van der Waals surface area contributed by atoms with Crippen LogP contribution >= 0.6 is 11.9 Å². The number of carbonyl (C=O) groups is 1. The summed E-state index contributed by atoms with van der Waals surface area (Å²) in [7, 11) is 1.93. The number of aldehydes is 1. The second kappa shape index (κ2) is 10.4. The van der Waals surface area contributed by atoms with Crippen LogP contribution in [0.25, 0.3) is 0 Å². The fraction of sp³-hybridized carbons (Fsp3) is 0.565. The fourth-order valence-electron chi connectivity index (χ4n) is 3.86. The molecule has 3 heterocycles. The first kappa shape index (κ1) is 22.0. The van der Waals surface area contributed by atoms with Crippen molar-refractivity contribution in [3.8, 4) is 0 Å². The van der Waals surface area contributed by atoms with Crippen molar-refractivity contribution in [2.45, 2.75) is 63.3 Å². The molecule has 2 aromatic rings. The predicted octanol–water partition coefficient (Wildman–Crippen LogP) is 3.86. The highest BCUT2D eigenvalue weighted by Crippen LogP contribution is 2.35. The molecule has 2 saturated carbocycles. The third kappa shape index (κ3) is 5.95. The Morgan fingerprint density at radius 1 is 1.26 bits per heavy atom. The number of rotatable bonds is 7. The first-order chi connectivity index (χ1) is 15.2. The van der Waals surface area contributed by atoms with Gasteiger partial charge < -0.3 is 14.9 Å². The molecule has 0 aromatic carbocycles. The minimum atomic E-state index is 0.450. The normalized spacial score (nSPS) is 20.2. The summed E-state index contributed by atoms with van der Waals surface area (Å²) in [5, 5.41) is 3.92. The molecule has 1 aliphatic heterocycles. The predicted molar refractivity (Wildman–Crippen MR) is 127 cm³/mol. The summed E-state index contributed by atoms with van der Waals surface area (Å²) in [6.45, 7) is 4.14. The second-order valence-corrected chi connectivity index (χ2v) is 9.82. The standard InChI is InChI=1S/C13H17N3O.C10H15N3S/c1-9-5-12-13(14-6-10(8-17)15-12)16(7-9)11-3-2-4-11;1-11-7-9-6-8(4-5-12-9)13-14-10-2-3-10/h6,8-9,11H,2-5,7H2,1H3;4-6,10-11H,2-3,7H2,1H3,(H,12,13)/t9-;/m0./s1. The molecular weight excluding hydrogens is 408 g/mol. The first-order valence-corrected chi connectivity index (χ1v) is 12.1. The number of anilines is 2. The van der Waals surface area contributed by atoms with Crippen molar-refractivity contribution >= 4 is 29.7 Å². The molecule has 2 fully saturated rings. The van der Waals surface area contributed by atoms with Gasteiger partial charge in [0.1, 0.15) is 5.69 Å². The third-order valence-corrected chi connectivity index (χ3v) is 7.00. The van der Waals surface area contributed by atoms with E-state index < -0.39 is 0 Å². The van der Waals surface area contributed by atoms with Gasteiger partial charge in [-0.3, -0.25) is 9.78 Å². The highest BCUT2D eigenvalue weighted by molar-refractivity contribution is 8.01. The number of hydrogen-bond acceptors (Lipinski definition) is 8. The molecule has 0 amide bonds. The van der Waals surface area contributed by atoms with Gasteiger partial charge in [0.05, 0.1) is 17.6 Å². The van der Waals surface area contributed by atoms with E-state index in [9.17, 15) is 4.79 Å². The van der Waals surface area contributed by atoms with E-state index in [1.807, 2.05) is 31.3 Å². The molecule has 3 aliphatic rings. The van der Waals surface area contributed by atoms with Crippen LogP contribution in [-0.2, 0) is 13.0 Å². The van der Waals surface area contributed by atoms with E-state index in [2.05, 4.69) is 42.9 Å². The number of hydrogen-bond donors (Lipinski definition) is 2. The Hall–Kier alpha value is -2.19. The highest BCUT2D eigenvalue weighted by Gasteiger charge is 2.32. The summed E-state index contributed by atoms with van der Waals surface area (Å²) in [6, 6.07) is 4.74. The van der Waals surface area contributed by atoms with Crippen LogP contribution in [0.15, 0.2) is 24.5 Å². The minimum Gasteiger partial charge on any atom is -0.352 e. The van der Waals surface area contributed by atoms with Gasteiger partial charge in [0.15, 0.2) is 12.1 Å². The lowest BCUT2D eigenvalue weighted by atomic mass is 9.88. The highest BCUT2D eigenvalue weighted by atomic mass is 32.2. The molecule has 1 atom stereocenters. The minimum absolute atomic E-state index is 0.450. The largest absolute Gasteiger partial charge is 0.352 e. The van der Waals surface area contributed by atoms with Crippen LogP contribution in [0, 0.1) is 5.92 Å². The zero-order chi connectivity index (χ0) is 21.6. The molecule has 0 saturated heterocycles. The topological polar surface area (TPSA) is 83.0 Å². The average molecular weight is 441 g/mol. The smallest absolute Gasteiger partial charge is 0.170 e. The number of fused-ring (bicyclic) bond motifs is 1. The van der Waals surface area contributed by atoms with Crippen LogP contribution in [-0.4, -0.2) is 46.1 Å². The number of pyridine rings is 1. The quantitative estimate of drug-likeness (QED) is 0.496. The van der Waals surface area contributed by atoms with E-state index in [0.29, 0.717) is 17.7 Å². The fourth-order valence-corrected chi connectivity index (χ4v) is 4.67. The maximum Gasteiger partial charge on any atom is 0.170 e. The number of nitrogens with zero attached hydrogens (tertiary/aromatic N) is 4. The van der Waals surface area contributed by atoms with E-state index >= 15 is 0 Å². The maximum absolute atomic E-state index is 10.7. The SMILES string of the molecule is CNCc1cc(NSC2CC2)ccn1.C[C@H]1Cc2nc(C=O)cnc2N(C2CCC2)C1. The van der Waals surface area contributed by atoms with Crippen LogP contribution in [0.3, 0.4) is 0 Å². The molecule has 0 spiro atoms. The van der Waals surface area contributed by atoms with Crippen molar-refractivity contribution in [1.29, 1.82) is 0 Å². The van der Waals surface area contributed by atoms with Gasteiger partial charge in [-0.2, -0.15) is 0 Å². The van der Waals surface area contributed by atoms with Crippen molar-refractivity contribution in [2.75, 3.05) is 23.2 Å². The molecule has 166 valence electrons. The lowest BCUT2D eigenvalue weighted by molar-refractivity contribution is 0.111. The molecule has 2 aromatic heterocycles. The van der Waals surface area contributed by atoms with Gasteiger partial charge in [-0.05, 0) is 75.6 Å². The lowest BCUT2D eigenvalue weighted by Crippen LogP contribution is -2.46. The molecular formula is C23H32N6OS. The van der Waals surface area contributed by atoms with Gasteiger partial charge >= 0.3 is 0 Å². The molecule has 2 N–H and O–H groups in total. The van der Waals surface area contributed by atoms with Crippen molar-refractivity contribution in [3.63, 3.8) is 0 Å². The van der Waals surface area contributed by atoms with Gasteiger partial charge in [0.25, 0.3) is 0 Å². The van der Waals surface area contributed by atoms with E-state index in [1.54, 1.807) is 6.20 Å². The summed E-state index contributed by atoms with van der Waals surface area (Å²) in [6.07, 6.45) is 11.7. The average Bonchev–Trinajstić information content (AvgIpc) is 3.56. The zero-order valence-electron chi connectivity index (χ0n) is 18.4. The number of nitrogens with one attached hydrogen (secondary N) is 2.